The fourth-order valence-electron chi connectivity index (χ4n) is 1.98. The Morgan fingerprint density at radius 1 is 0.929 bits per heavy atom. The summed E-state index contributed by atoms with van der Waals surface area (Å²) in [5.74, 6) is -2.28. The Hall–Kier alpha value is -1.97. The largest absolute Gasteiger partial charge is 0.480 e. The Balaban J connectivity index is 5.09. The van der Waals surface area contributed by atoms with E-state index in [1.165, 1.54) is 11.8 Å². The molecular formula is C18H32N2O7S. The van der Waals surface area contributed by atoms with Crippen LogP contribution in [0, 0.1) is 0 Å². The van der Waals surface area contributed by atoms with Crippen molar-refractivity contribution in [3.05, 3.63) is 0 Å². The number of aliphatic carboxylic acids is 1. The maximum atomic E-state index is 12.5. The molecule has 0 bridgehead atoms. The number of amides is 2. The molecule has 0 spiro atoms. The maximum absolute atomic E-state index is 12.5. The Bertz CT molecular complexity index is 567. The van der Waals surface area contributed by atoms with Crippen molar-refractivity contribution in [2.45, 2.75) is 77.7 Å². The molecule has 162 valence electrons. The molecule has 2 amide bonds. The highest BCUT2D eigenvalue weighted by atomic mass is 32.2. The van der Waals surface area contributed by atoms with Crippen LogP contribution in [0.25, 0.3) is 0 Å². The second kappa shape index (κ2) is 11.1. The molecule has 9 nitrogen and oxygen atoms in total. The van der Waals surface area contributed by atoms with E-state index in [9.17, 15) is 24.3 Å². The number of carboxylic acids is 1. The van der Waals surface area contributed by atoms with E-state index in [0.717, 1.165) is 0 Å². The van der Waals surface area contributed by atoms with E-state index < -0.39 is 53.6 Å². The summed E-state index contributed by atoms with van der Waals surface area (Å²) in [6.07, 6.45) is 0.795. The molecule has 0 rings (SSSR count). The third-order valence-corrected chi connectivity index (χ3v) is 3.67. The first-order chi connectivity index (χ1) is 12.6. The number of nitrogens with one attached hydrogen (secondary N) is 2. The Kier molecular flexibility index (Phi) is 10.4. The van der Waals surface area contributed by atoms with Crippen LogP contribution < -0.4 is 10.6 Å². The normalized spacial score (nSPS) is 13.8. The molecule has 3 N–H and O–H groups in total. The zero-order valence-corrected chi connectivity index (χ0v) is 18.4. The molecule has 0 saturated carbocycles. The number of thioether (sulfide) groups is 1. The van der Waals surface area contributed by atoms with E-state index in [4.69, 9.17) is 9.47 Å². The highest BCUT2D eigenvalue weighted by Gasteiger charge is 2.30. The van der Waals surface area contributed by atoms with E-state index in [1.54, 1.807) is 41.5 Å². The van der Waals surface area contributed by atoms with Crippen LogP contribution in [0.5, 0.6) is 0 Å². The average molecular weight is 421 g/mol. The van der Waals surface area contributed by atoms with Crippen LogP contribution in [-0.4, -0.2) is 64.3 Å². The average Bonchev–Trinajstić information content (AvgIpc) is 2.46. The predicted molar refractivity (Wildman–Crippen MR) is 106 cm³/mol. The molecule has 0 fully saturated rings. The number of carbonyl (C=O) groups excluding carboxylic acids is 3. The molecule has 0 aromatic rings. The Morgan fingerprint density at radius 2 is 1.46 bits per heavy atom. The van der Waals surface area contributed by atoms with Crippen molar-refractivity contribution in [3.63, 3.8) is 0 Å². The van der Waals surface area contributed by atoms with E-state index in [0.29, 0.717) is 5.75 Å². The lowest BCUT2D eigenvalue weighted by molar-refractivity contribution is -0.158. The number of hydrogen-bond acceptors (Lipinski definition) is 7. The second-order valence-corrected chi connectivity index (χ2v) is 9.16. The lowest BCUT2D eigenvalue weighted by Crippen LogP contribution is -2.53. The van der Waals surface area contributed by atoms with Gasteiger partial charge in [0, 0.05) is 0 Å². The lowest BCUT2D eigenvalue weighted by Gasteiger charge is -2.25. The smallest absolute Gasteiger partial charge is 0.408 e. The van der Waals surface area contributed by atoms with Gasteiger partial charge in [0.25, 0.3) is 0 Å². The van der Waals surface area contributed by atoms with Crippen molar-refractivity contribution in [1.82, 2.24) is 10.6 Å². The highest BCUT2D eigenvalue weighted by Crippen LogP contribution is 2.11. The summed E-state index contributed by atoms with van der Waals surface area (Å²) in [6, 6.07) is -2.47. The minimum absolute atomic E-state index is 0.269. The van der Waals surface area contributed by atoms with Gasteiger partial charge in [0.05, 0.1) is 6.42 Å². The van der Waals surface area contributed by atoms with Crippen LogP contribution in [0.1, 0.15) is 54.4 Å². The van der Waals surface area contributed by atoms with Gasteiger partial charge in [-0.25, -0.2) is 9.59 Å². The third-order valence-electron chi connectivity index (χ3n) is 3.02. The summed E-state index contributed by atoms with van der Waals surface area (Å²) in [7, 11) is 0. The van der Waals surface area contributed by atoms with Gasteiger partial charge in [-0.1, -0.05) is 0 Å². The fourth-order valence-corrected chi connectivity index (χ4v) is 2.45. The summed E-state index contributed by atoms with van der Waals surface area (Å²) in [5, 5.41) is 14.1. The summed E-state index contributed by atoms with van der Waals surface area (Å²) in [4.78, 5) is 47.9. The number of rotatable bonds is 9. The molecule has 0 saturated heterocycles. The van der Waals surface area contributed by atoms with Gasteiger partial charge in [-0.05, 0) is 60.0 Å². The van der Waals surface area contributed by atoms with E-state index in [1.807, 2.05) is 6.26 Å². The van der Waals surface area contributed by atoms with Crippen molar-refractivity contribution >= 4 is 35.7 Å². The fraction of sp³-hybridized carbons (Fsp3) is 0.778. The van der Waals surface area contributed by atoms with Crippen LogP contribution in [0.3, 0.4) is 0 Å². The Labute approximate surface area is 170 Å². The Morgan fingerprint density at radius 3 is 1.89 bits per heavy atom. The maximum Gasteiger partial charge on any atom is 0.408 e. The van der Waals surface area contributed by atoms with E-state index >= 15 is 0 Å². The molecule has 0 aliphatic carbocycles. The summed E-state index contributed by atoms with van der Waals surface area (Å²) >= 11 is 1.47. The molecule has 28 heavy (non-hydrogen) atoms. The number of esters is 1. The van der Waals surface area contributed by atoms with Crippen molar-refractivity contribution in [2.75, 3.05) is 12.0 Å². The summed E-state index contributed by atoms with van der Waals surface area (Å²) < 4.78 is 10.2. The van der Waals surface area contributed by atoms with Crippen molar-refractivity contribution < 1.29 is 33.8 Å². The number of alkyl carbamates (subject to hydrolysis) is 1. The van der Waals surface area contributed by atoms with Gasteiger partial charge in [0.15, 0.2) is 0 Å². The first kappa shape index (κ1) is 26.0. The quantitative estimate of drug-likeness (QED) is 0.482. The van der Waals surface area contributed by atoms with Gasteiger partial charge >= 0.3 is 18.0 Å². The topological polar surface area (TPSA) is 131 Å². The second-order valence-electron chi connectivity index (χ2n) is 8.17. The number of carbonyl (C=O) groups is 4. The van der Waals surface area contributed by atoms with Crippen LogP contribution in [0.4, 0.5) is 4.79 Å². The van der Waals surface area contributed by atoms with Gasteiger partial charge in [-0.15, -0.1) is 0 Å². The van der Waals surface area contributed by atoms with Gasteiger partial charge in [-0.3, -0.25) is 9.59 Å². The van der Waals surface area contributed by atoms with E-state index in [2.05, 4.69) is 10.6 Å². The molecule has 0 aromatic heterocycles. The van der Waals surface area contributed by atoms with Gasteiger partial charge in [-0.2, -0.15) is 11.8 Å². The molecule has 10 heteroatoms. The molecule has 0 aromatic carbocycles. The minimum Gasteiger partial charge on any atom is -0.480 e. The minimum atomic E-state index is -1.47. The monoisotopic (exact) mass is 420 g/mol. The zero-order valence-electron chi connectivity index (χ0n) is 17.6. The van der Waals surface area contributed by atoms with Gasteiger partial charge in [0.2, 0.25) is 5.91 Å². The summed E-state index contributed by atoms with van der Waals surface area (Å²) in [5.41, 5.74) is -1.52. The van der Waals surface area contributed by atoms with Crippen LogP contribution in [0.15, 0.2) is 0 Å². The zero-order chi connectivity index (χ0) is 22.1. The third kappa shape index (κ3) is 12.4. The standard InChI is InChI=1S/C18H32N2O7S/c1-17(2,3)26-13(21)10-12(15(23)24)19-14(22)11(8-9-28-7)20-16(25)27-18(4,5)6/h11-12H,8-10H2,1-7H3,(H,19,22)(H,20,25)(H,23,24)/t11-,12-/m0/s1. The molecular weight excluding hydrogens is 388 g/mol. The molecule has 0 unspecified atom stereocenters. The SMILES string of the molecule is CSCC[C@H](NC(=O)OC(C)(C)C)C(=O)N[C@@H](CC(=O)OC(C)(C)C)C(=O)O. The van der Waals surface area contributed by atoms with Crippen LogP contribution >= 0.6 is 11.8 Å². The molecule has 0 radical (unpaired) electrons. The van der Waals surface area contributed by atoms with Crippen LogP contribution in [0.2, 0.25) is 0 Å². The molecule has 2 atom stereocenters. The first-order valence-corrected chi connectivity index (χ1v) is 10.3. The van der Waals surface area contributed by atoms with Crippen LogP contribution in [-0.2, 0) is 23.9 Å². The lowest BCUT2D eigenvalue weighted by atomic mass is 10.1. The predicted octanol–water partition coefficient (Wildman–Crippen LogP) is 1.93. The van der Waals surface area contributed by atoms with Gasteiger partial charge < -0.3 is 25.2 Å². The molecule has 0 aliphatic rings. The molecule has 0 heterocycles. The number of carboxylic acid groups (broad SMARTS) is 1. The highest BCUT2D eigenvalue weighted by molar-refractivity contribution is 7.98. The summed E-state index contributed by atoms with van der Waals surface area (Å²) in [6.45, 7) is 10.0. The van der Waals surface area contributed by atoms with E-state index in [-0.39, 0.29) is 6.42 Å². The van der Waals surface area contributed by atoms with Crippen molar-refractivity contribution in [3.8, 4) is 0 Å². The van der Waals surface area contributed by atoms with Crippen molar-refractivity contribution in [2.24, 2.45) is 0 Å². The first-order valence-electron chi connectivity index (χ1n) is 8.88. The van der Waals surface area contributed by atoms with Crippen molar-refractivity contribution in [1.29, 1.82) is 0 Å². The van der Waals surface area contributed by atoms with Gasteiger partial charge in [0.1, 0.15) is 23.3 Å². The number of hydrogen-bond donors (Lipinski definition) is 3. The number of ether oxygens (including phenoxy) is 2. The molecule has 0 aliphatic heterocycles.